The topological polar surface area (TPSA) is 89.1 Å². The molecule has 0 unspecified atom stereocenters. The summed E-state index contributed by atoms with van der Waals surface area (Å²) in [6, 6.07) is 0.417. The predicted molar refractivity (Wildman–Crippen MR) is 114 cm³/mol. The van der Waals surface area contributed by atoms with Crippen molar-refractivity contribution in [3.8, 4) is 0 Å². The van der Waals surface area contributed by atoms with Gasteiger partial charge in [-0.1, -0.05) is 0 Å². The van der Waals surface area contributed by atoms with Crippen LogP contribution in [0.15, 0.2) is 4.99 Å². The van der Waals surface area contributed by atoms with Crippen LogP contribution in [0.3, 0.4) is 0 Å². The average Bonchev–Trinajstić information content (AvgIpc) is 3.39. The van der Waals surface area contributed by atoms with Gasteiger partial charge < -0.3 is 20.9 Å². The Labute approximate surface area is 173 Å². The molecular formula is C17H33IN6O2. The van der Waals surface area contributed by atoms with Crippen LogP contribution in [0.5, 0.6) is 0 Å². The summed E-state index contributed by atoms with van der Waals surface area (Å²) in [7, 11) is 3.40. The van der Waals surface area contributed by atoms with E-state index >= 15 is 0 Å². The summed E-state index contributed by atoms with van der Waals surface area (Å²) in [4.78, 5) is 32.5. The van der Waals surface area contributed by atoms with E-state index in [0.29, 0.717) is 19.1 Å². The molecule has 1 saturated carbocycles. The lowest BCUT2D eigenvalue weighted by Crippen LogP contribution is -2.55. The number of nitrogens with zero attached hydrogens (tertiary/aromatic N) is 3. The zero-order valence-corrected chi connectivity index (χ0v) is 18.6. The van der Waals surface area contributed by atoms with Crippen molar-refractivity contribution >= 4 is 41.8 Å². The maximum Gasteiger partial charge on any atom is 0.234 e. The van der Waals surface area contributed by atoms with Gasteiger partial charge in [-0.2, -0.15) is 0 Å². The smallest absolute Gasteiger partial charge is 0.234 e. The normalized spacial score (nSPS) is 18.8. The van der Waals surface area contributed by atoms with Gasteiger partial charge in [-0.25, -0.2) is 0 Å². The van der Waals surface area contributed by atoms with E-state index in [4.69, 9.17) is 0 Å². The molecule has 9 heteroatoms. The Hall–Kier alpha value is -1.10. The standard InChI is InChI=1S/C17H32N6O2.HI/c1-17(2,15(25)18-3)12-20-16(19-4)23-9-7-22(8-10-23)11-14(24)21-13-5-6-13;/h13H,5-12H2,1-4H3,(H,18,25)(H,19,20)(H,21,24);1H. The largest absolute Gasteiger partial charge is 0.359 e. The highest BCUT2D eigenvalue weighted by molar-refractivity contribution is 14.0. The average molecular weight is 480 g/mol. The van der Waals surface area contributed by atoms with Gasteiger partial charge in [0.25, 0.3) is 0 Å². The number of piperazine rings is 1. The van der Waals surface area contributed by atoms with E-state index in [0.717, 1.165) is 45.0 Å². The molecule has 0 spiro atoms. The van der Waals surface area contributed by atoms with Crippen LogP contribution in [0.4, 0.5) is 0 Å². The van der Waals surface area contributed by atoms with Crippen LogP contribution in [0.1, 0.15) is 26.7 Å². The molecule has 1 heterocycles. The summed E-state index contributed by atoms with van der Waals surface area (Å²) in [5, 5.41) is 9.02. The van der Waals surface area contributed by atoms with Gasteiger partial charge >= 0.3 is 0 Å². The van der Waals surface area contributed by atoms with Gasteiger partial charge in [0.05, 0.1) is 12.0 Å². The first-order chi connectivity index (χ1) is 11.9. The molecule has 2 amide bonds. The molecule has 0 aromatic heterocycles. The fourth-order valence-corrected chi connectivity index (χ4v) is 2.87. The third kappa shape index (κ3) is 6.90. The Morgan fingerprint density at radius 1 is 1.15 bits per heavy atom. The number of nitrogens with one attached hydrogen (secondary N) is 3. The van der Waals surface area contributed by atoms with E-state index in [9.17, 15) is 9.59 Å². The van der Waals surface area contributed by atoms with Crippen LogP contribution >= 0.6 is 24.0 Å². The maximum atomic E-state index is 11.9. The summed E-state index contributed by atoms with van der Waals surface area (Å²) in [5.41, 5.74) is -0.507. The second-order valence-electron chi connectivity index (χ2n) is 7.47. The van der Waals surface area contributed by atoms with Crippen molar-refractivity contribution in [2.75, 3.05) is 53.4 Å². The summed E-state index contributed by atoms with van der Waals surface area (Å²) in [6.45, 7) is 8.09. The fourth-order valence-electron chi connectivity index (χ4n) is 2.87. The zero-order valence-electron chi connectivity index (χ0n) is 16.3. The number of carbonyl (C=O) groups is 2. The van der Waals surface area contributed by atoms with Gasteiger partial charge in [-0.05, 0) is 26.7 Å². The van der Waals surface area contributed by atoms with Crippen LogP contribution in [0, 0.1) is 5.41 Å². The van der Waals surface area contributed by atoms with E-state index in [-0.39, 0.29) is 35.8 Å². The van der Waals surface area contributed by atoms with Gasteiger partial charge in [0.1, 0.15) is 0 Å². The summed E-state index contributed by atoms with van der Waals surface area (Å²) < 4.78 is 0. The van der Waals surface area contributed by atoms with E-state index in [2.05, 4.69) is 30.7 Å². The van der Waals surface area contributed by atoms with Crippen molar-refractivity contribution in [2.45, 2.75) is 32.7 Å². The molecular weight excluding hydrogens is 447 g/mol. The molecule has 2 rings (SSSR count). The van der Waals surface area contributed by atoms with Crippen LogP contribution in [0.2, 0.25) is 0 Å². The maximum absolute atomic E-state index is 11.9. The Balaban J connectivity index is 0.00000338. The molecule has 0 atom stereocenters. The van der Waals surface area contributed by atoms with Crippen LogP contribution in [-0.2, 0) is 9.59 Å². The molecule has 26 heavy (non-hydrogen) atoms. The van der Waals surface area contributed by atoms with E-state index in [1.807, 2.05) is 13.8 Å². The predicted octanol–water partition coefficient (Wildman–Crippen LogP) is -0.152. The molecule has 3 N–H and O–H groups in total. The van der Waals surface area contributed by atoms with Crippen molar-refractivity contribution in [1.82, 2.24) is 25.8 Å². The Morgan fingerprint density at radius 2 is 1.77 bits per heavy atom. The number of halogens is 1. The molecule has 1 aliphatic heterocycles. The molecule has 0 radical (unpaired) electrons. The monoisotopic (exact) mass is 480 g/mol. The zero-order chi connectivity index (χ0) is 18.4. The van der Waals surface area contributed by atoms with Gasteiger partial charge in [0, 0.05) is 52.9 Å². The van der Waals surface area contributed by atoms with Crippen molar-refractivity contribution in [3.05, 3.63) is 0 Å². The van der Waals surface area contributed by atoms with Crippen LogP contribution in [0.25, 0.3) is 0 Å². The second-order valence-corrected chi connectivity index (χ2v) is 7.47. The molecule has 0 bridgehead atoms. The minimum atomic E-state index is -0.507. The van der Waals surface area contributed by atoms with Crippen LogP contribution in [-0.4, -0.2) is 87.0 Å². The van der Waals surface area contributed by atoms with Gasteiger partial charge in [-0.15, -0.1) is 24.0 Å². The highest BCUT2D eigenvalue weighted by atomic mass is 127. The van der Waals surface area contributed by atoms with E-state index < -0.39 is 5.41 Å². The summed E-state index contributed by atoms with van der Waals surface area (Å²) >= 11 is 0. The molecule has 1 aliphatic carbocycles. The van der Waals surface area contributed by atoms with E-state index in [1.54, 1.807) is 14.1 Å². The number of aliphatic imine (C=N–C) groups is 1. The third-order valence-corrected chi connectivity index (χ3v) is 4.72. The van der Waals surface area contributed by atoms with E-state index in [1.165, 1.54) is 0 Å². The Kier molecular flexibility index (Phi) is 9.08. The number of hydrogen-bond acceptors (Lipinski definition) is 4. The molecule has 2 fully saturated rings. The van der Waals surface area contributed by atoms with Crippen LogP contribution < -0.4 is 16.0 Å². The third-order valence-electron chi connectivity index (χ3n) is 4.72. The lowest BCUT2D eigenvalue weighted by molar-refractivity contribution is -0.128. The Bertz CT molecular complexity index is 513. The molecule has 2 aliphatic rings. The SMILES string of the molecule is CN=C(NCC(C)(C)C(=O)NC)N1CCN(CC(=O)NC2CC2)CC1.I. The Morgan fingerprint density at radius 3 is 2.27 bits per heavy atom. The van der Waals surface area contributed by atoms with Crippen molar-refractivity contribution in [1.29, 1.82) is 0 Å². The lowest BCUT2D eigenvalue weighted by Gasteiger charge is -2.37. The van der Waals surface area contributed by atoms with Gasteiger partial charge in [0.15, 0.2) is 5.96 Å². The summed E-state index contributed by atoms with van der Waals surface area (Å²) in [5.74, 6) is 0.937. The molecule has 0 aromatic rings. The number of hydrogen-bond donors (Lipinski definition) is 3. The molecule has 0 aromatic carbocycles. The molecule has 1 saturated heterocycles. The highest BCUT2D eigenvalue weighted by Gasteiger charge is 2.29. The van der Waals surface area contributed by atoms with Gasteiger partial charge in [0.2, 0.25) is 11.8 Å². The molecule has 8 nitrogen and oxygen atoms in total. The van der Waals surface area contributed by atoms with Gasteiger partial charge in [-0.3, -0.25) is 19.5 Å². The van der Waals surface area contributed by atoms with Crippen molar-refractivity contribution < 1.29 is 9.59 Å². The minimum absolute atomic E-state index is 0. The number of carbonyl (C=O) groups excluding carboxylic acids is 2. The van der Waals surface area contributed by atoms with Crippen molar-refractivity contribution in [2.24, 2.45) is 10.4 Å². The summed E-state index contributed by atoms with van der Waals surface area (Å²) in [6.07, 6.45) is 2.24. The fraction of sp³-hybridized carbons (Fsp3) is 0.824. The lowest BCUT2D eigenvalue weighted by atomic mass is 9.92. The number of guanidine groups is 1. The highest BCUT2D eigenvalue weighted by Crippen LogP contribution is 2.18. The quantitative estimate of drug-likeness (QED) is 0.280. The second kappa shape index (κ2) is 10.3. The number of rotatable bonds is 6. The number of amides is 2. The van der Waals surface area contributed by atoms with Crippen molar-refractivity contribution in [3.63, 3.8) is 0 Å². The molecule has 150 valence electrons. The minimum Gasteiger partial charge on any atom is -0.359 e. The first kappa shape index (κ1) is 22.9. The first-order valence-corrected chi connectivity index (χ1v) is 9.05. The first-order valence-electron chi connectivity index (χ1n) is 9.05.